The molecular weight excluding hydrogens is 263 g/mol. The van der Waals surface area contributed by atoms with Crippen LogP contribution in [0.4, 0.5) is 0 Å². The van der Waals surface area contributed by atoms with Crippen molar-refractivity contribution in [1.82, 2.24) is 0 Å². The summed E-state index contributed by atoms with van der Waals surface area (Å²) in [7, 11) is 1.41. The third-order valence-electron chi connectivity index (χ3n) is 2.79. The monoisotopic (exact) mass is 270 g/mol. The molecule has 2 rings (SSSR count). The number of ketones is 1. The summed E-state index contributed by atoms with van der Waals surface area (Å²) in [5.74, 6) is -2.91. The fraction of sp³-hybridized carbons (Fsp3) is 0.750. The van der Waals surface area contributed by atoms with Gasteiger partial charge in [0.15, 0.2) is 10.1 Å². The highest BCUT2D eigenvalue weighted by Crippen LogP contribution is 2.60. The lowest BCUT2D eigenvalue weighted by molar-refractivity contribution is -0.152. The van der Waals surface area contributed by atoms with Crippen LogP contribution in [0, 0.1) is 11.8 Å². The lowest BCUT2D eigenvalue weighted by Crippen LogP contribution is -2.59. The minimum atomic E-state index is -1.45. The standard InChI is InChI=1S/C8H8Cl2O4S/c1-14-7-3(6(12)13)2-4(11)8(9,10)5(2)15-7/h2-3,5,7H,1H3,(H,12,13)/t2-,3-,5-,7+/m0/s1. The largest absolute Gasteiger partial charge is 0.481 e. The molecule has 2 aliphatic rings. The first-order valence-corrected chi connectivity index (χ1v) is 5.94. The summed E-state index contributed by atoms with van der Waals surface area (Å²) in [5.41, 5.74) is -0.555. The molecule has 0 bridgehead atoms. The van der Waals surface area contributed by atoms with Crippen molar-refractivity contribution in [3.63, 3.8) is 0 Å². The molecule has 1 N–H and O–H groups in total. The van der Waals surface area contributed by atoms with Crippen molar-refractivity contribution >= 4 is 46.7 Å². The number of thioether (sulfide) groups is 1. The molecule has 0 radical (unpaired) electrons. The number of hydrogen-bond donors (Lipinski definition) is 1. The van der Waals surface area contributed by atoms with Crippen molar-refractivity contribution in [2.24, 2.45) is 11.8 Å². The van der Waals surface area contributed by atoms with Gasteiger partial charge in [0.2, 0.25) is 0 Å². The van der Waals surface area contributed by atoms with Crippen LogP contribution in [0.3, 0.4) is 0 Å². The SMILES string of the molecule is CO[C@@H]1S[C@H]2[C@H](C(=O)C2(Cl)Cl)[C@H]1C(=O)O. The molecule has 4 atom stereocenters. The average Bonchev–Trinajstić information content (AvgIpc) is 2.54. The van der Waals surface area contributed by atoms with E-state index in [-0.39, 0.29) is 5.25 Å². The second-order valence-corrected chi connectivity index (χ2v) is 6.17. The number of carboxylic acids is 1. The molecule has 4 nitrogen and oxygen atoms in total. The van der Waals surface area contributed by atoms with Gasteiger partial charge in [-0.25, -0.2) is 0 Å². The zero-order valence-corrected chi connectivity index (χ0v) is 9.97. The van der Waals surface area contributed by atoms with Gasteiger partial charge in [0.05, 0.1) is 11.2 Å². The molecule has 0 unspecified atom stereocenters. The lowest BCUT2D eigenvalue weighted by Gasteiger charge is -2.41. The van der Waals surface area contributed by atoms with Crippen molar-refractivity contribution < 1.29 is 19.4 Å². The number of hydrogen-bond acceptors (Lipinski definition) is 4. The first-order chi connectivity index (χ1) is 6.91. The topological polar surface area (TPSA) is 63.6 Å². The van der Waals surface area contributed by atoms with Crippen LogP contribution >= 0.6 is 35.0 Å². The Morgan fingerprint density at radius 1 is 1.60 bits per heavy atom. The number of halogens is 2. The highest BCUT2D eigenvalue weighted by Gasteiger charge is 2.70. The molecule has 15 heavy (non-hydrogen) atoms. The molecule has 1 saturated carbocycles. The molecule has 1 saturated heterocycles. The average molecular weight is 271 g/mol. The van der Waals surface area contributed by atoms with E-state index in [9.17, 15) is 9.59 Å². The predicted molar refractivity (Wildman–Crippen MR) is 56.2 cm³/mol. The van der Waals surface area contributed by atoms with Crippen LogP contribution in [-0.4, -0.2) is 39.0 Å². The number of alkyl halides is 2. The number of carbonyl (C=O) groups excluding carboxylic acids is 1. The van der Waals surface area contributed by atoms with Crippen LogP contribution in [0.25, 0.3) is 0 Å². The highest BCUT2D eigenvalue weighted by molar-refractivity contribution is 8.01. The summed E-state index contributed by atoms with van der Waals surface area (Å²) in [6.07, 6.45) is 0. The quantitative estimate of drug-likeness (QED) is 0.763. The zero-order valence-electron chi connectivity index (χ0n) is 7.65. The molecule has 0 aromatic rings. The summed E-state index contributed by atoms with van der Waals surface area (Å²) < 4.78 is 3.57. The summed E-state index contributed by atoms with van der Waals surface area (Å²) in [6, 6.07) is 0. The number of fused-ring (bicyclic) bond motifs is 1. The van der Waals surface area contributed by atoms with E-state index in [4.69, 9.17) is 33.0 Å². The Kier molecular flexibility index (Phi) is 2.70. The normalized spacial score (nSPS) is 42.2. The smallest absolute Gasteiger partial charge is 0.310 e. The Labute approximate surface area is 100 Å². The summed E-state index contributed by atoms with van der Waals surface area (Å²) in [5, 5.41) is 8.62. The Balaban J connectivity index is 2.28. The van der Waals surface area contributed by atoms with Crippen LogP contribution in [0.2, 0.25) is 0 Å². The maximum absolute atomic E-state index is 11.5. The third kappa shape index (κ3) is 1.40. The minimum absolute atomic E-state index is 0.376. The first-order valence-electron chi connectivity index (χ1n) is 4.24. The van der Waals surface area contributed by atoms with E-state index in [1.807, 2.05) is 0 Å². The number of methoxy groups -OCH3 is 1. The predicted octanol–water partition coefficient (Wildman–Crippen LogP) is 1.15. The van der Waals surface area contributed by atoms with Gasteiger partial charge in [-0.2, -0.15) is 0 Å². The molecule has 0 amide bonds. The molecule has 0 aromatic heterocycles. The minimum Gasteiger partial charge on any atom is -0.481 e. The maximum Gasteiger partial charge on any atom is 0.310 e. The zero-order chi connectivity index (χ0) is 11.4. The second kappa shape index (κ2) is 3.52. The van der Waals surface area contributed by atoms with E-state index in [2.05, 4.69) is 0 Å². The van der Waals surface area contributed by atoms with Gasteiger partial charge in [0.25, 0.3) is 0 Å². The number of Topliss-reactive ketones (excluding diaryl/α,β-unsaturated/α-hetero) is 1. The van der Waals surface area contributed by atoms with E-state index >= 15 is 0 Å². The van der Waals surface area contributed by atoms with Gasteiger partial charge in [-0.15, -0.1) is 11.8 Å². The molecule has 1 aliphatic carbocycles. The number of ether oxygens (including phenoxy) is 1. The second-order valence-electron chi connectivity index (χ2n) is 3.54. The van der Waals surface area contributed by atoms with Gasteiger partial charge < -0.3 is 9.84 Å². The number of rotatable bonds is 2. The van der Waals surface area contributed by atoms with Crippen LogP contribution < -0.4 is 0 Å². The van der Waals surface area contributed by atoms with Gasteiger partial charge in [-0.1, -0.05) is 23.2 Å². The molecule has 1 heterocycles. The Morgan fingerprint density at radius 3 is 2.67 bits per heavy atom. The molecule has 1 aliphatic heterocycles. The summed E-state index contributed by atoms with van der Waals surface area (Å²) in [4.78, 5) is 22.5. The van der Waals surface area contributed by atoms with Crippen LogP contribution in [0.5, 0.6) is 0 Å². The third-order valence-corrected chi connectivity index (χ3v) is 5.59. The molecule has 84 valence electrons. The van der Waals surface area contributed by atoms with Crippen LogP contribution in [-0.2, 0) is 14.3 Å². The lowest BCUT2D eigenvalue weighted by atomic mass is 9.74. The summed E-state index contributed by atoms with van der Waals surface area (Å²) in [6.45, 7) is 0. The number of carboxylic acid groups (broad SMARTS) is 1. The van der Waals surface area contributed by atoms with Gasteiger partial charge in [-0.05, 0) is 0 Å². The molecule has 7 heteroatoms. The fourth-order valence-electron chi connectivity index (χ4n) is 2.02. The first kappa shape index (κ1) is 11.5. The number of aliphatic carboxylic acids is 1. The summed E-state index contributed by atoms with van der Waals surface area (Å²) >= 11 is 12.8. The van der Waals surface area contributed by atoms with E-state index in [1.54, 1.807) is 0 Å². The maximum atomic E-state index is 11.5. The van der Waals surface area contributed by atoms with Crippen LogP contribution in [0.1, 0.15) is 0 Å². The van der Waals surface area contributed by atoms with E-state index in [0.717, 1.165) is 0 Å². The van der Waals surface area contributed by atoms with Gasteiger partial charge in [0, 0.05) is 7.11 Å². The van der Waals surface area contributed by atoms with Crippen molar-refractivity contribution in [2.75, 3.05) is 7.11 Å². The number of carbonyl (C=O) groups is 2. The highest BCUT2D eigenvalue weighted by atomic mass is 35.5. The molecule has 0 spiro atoms. The van der Waals surface area contributed by atoms with E-state index in [1.165, 1.54) is 18.9 Å². The van der Waals surface area contributed by atoms with Gasteiger partial charge in [-0.3, -0.25) is 9.59 Å². The van der Waals surface area contributed by atoms with Crippen molar-refractivity contribution in [3.05, 3.63) is 0 Å². The molecule has 2 fully saturated rings. The van der Waals surface area contributed by atoms with Crippen molar-refractivity contribution in [1.29, 1.82) is 0 Å². The molecular formula is C8H8Cl2O4S. The van der Waals surface area contributed by atoms with Gasteiger partial charge in [0.1, 0.15) is 11.4 Å². The molecule has 0 aromatic carbocycles. The van der Waals surface area contributed by atoms with Crippen molar-refractivity contribution in [2.45, 2.75) is 15.0 Å². The van der Waals surface area contributed by atoms with Crippen molar-refractivity contribution in [3.8, 4) is 0 Å². The van der Waals surface area contributed by atoms with E-state index < -0.39 is 33.4 Å². The van der Waals surface area contributed by atoms with E-state index in [0.29, 0.717) is 0 Å². The van der Waals surface area contributed by atoms with Crippen LogP contribution in [0.15, 0.2) is 0 Å². The van der Waals surface area contributed by atoms with Gasteiger partial charge >= 0.3 is 5.97 Å². The Bertz CT molecular complexity index is 333. The Morgan fingerprint density at radius 2 is 2.20 bits per heavy atom. The Hall–Kier alpha value is 0.0300. The fourth-order valence-corrected chi connectivity index (χ4v) is 4.46.